The van der Waals surface area contributed by atoms with Gasteiger partial charge in [0.05, 0.1) is 11.9 Å². The number of hydrogen-bond acceptors (Lipinski definition) is 4. The van der Waals surface area contributed by atoms with Crippen LogP contribution in [0.5, 0.6) is 0 Å². The van der Waals surface area contributed by atoms with E-state index in [1.165, 1.54) is 25.7 Å². The monoisotopic (exact) mass is 245 g/mol. The summed E-state index contributed by atoms with van der Waals surface area (Å²) in [5.41, 5.74) is 7.29. The van der Waals surface area contributed by atoms with E-state index < -0.39 is 0 Å². The average Bonchev–Trinajstić information content (AvgIpc) is 3.04. The van der Waals surface area contributed by atoms with Crippen molar-refractivity contribution in [2.24, 2.45) is 11.7 Å². The van der Waals surface area contributed by atoms with E-state index in [1.54, 1.807) is 4.52 Å². The standard InChI is InChI=1S/C13H19N5/c14-7-11-9-18-13(16-11)6-5-12(17-18)15-8-10-3-1-2-4-10/h5-6,9-10H,1-4,7-8,14H2,(H,15,17). The molecule has 2 aromatic rings. The Morgan fingerprint density at radius 2 is 2.17 bits per heavy atom. The van der Waals surface area contributed by atoms with Crippen molar-refractivity contribution in [3.8, 4) is 0 Å². The molecule has 3 rings (SSSR count). The van der Waals surface area contributed by atoms with Crippen molar-refractivity contribution < 1.29 is 0 Å². The van der Waals surface area contributed by atoms with Crippen LogP contribution >= 0.6 is 0 Å². The van der Waals surface area contributed by atoms with Crippen LogP contribution in [0.1, 0.15) is 31.4 Å². The number of rotatable bonds is 4. The Balaban J connectivity index is 1.71. The van der Waals surface area contributed by atoms with Crippen molar-refractivity contribution in [1.29, 1.82) is 0 Å². The summed E-state index contributed by atoms with van der Waals surface area (Å²) in [6.45, 7) is 1.48. The first kappa shape index (κ1) is 11.5. The Labute approximate surface area is 106 Å². The van der Waals surface area contributed by atoms with E-state index in [9.17, 15) is 0 Å². The van der Waals surface area contributed by atoms with Gasteiger partial charge in [-0.15, -0.1) is 5.10 Å². The summed E-state index contributed by atoms with van der Waals surface area (Å²) in [4.78, 5) is 4.36. The van der Waals surface area contributed by atoms with Crippen molar-refractivity contribution in [3.63, 3.8) is 0 Å². The van der Waals surface area contributed by atoms with Crippen LogP contribution in [0.4, 0.5) is 5.82 Å². The Morgan fingerprint density at radius 3 is 2.94 bits per heavy atom. The predicted molar refractivity (Wildman–Crippen MR) is 71.3 cm³/mol. The lowest BCUT2D eigenvalue weighted by Crippen LogP contribution is -2.12. The summed E-state index contributed by atoms with van der Waals surface area (Å²) in [7, 11) is 0. The Morgan fingerprint density at radius 1 is 1.33 bits per heavy atom. The van der Waals surface area contributed by atoms with Crippen molar-refractivity contribution >= 4 is 11.5 Å². The second kappa shape index (κ2) is 4.94. The summed E-state index contributed by atoms with van der Waals surface area (Å²) in [5.74, 6) is 1.72. The lowest BCUT2D eigenvalue weighted by atomic mass is 10.1. The second-order valence-electron chi connectivity index (χ2n) is 4.99. The zero-order valence-electron chi connectivity index (χ0n) is 10.5. The van der Waals surface area contributed by atoms with Crippen LogP contribution in [0.2, 0.25) is 0 Å². The number of nitrogens with zero attached hydrogens (tertiary/aromatic N) is 3. The fourth-order valence-electron chi connectivity index (χ4n) is 2.59. The molecule has 0 unspecified atom stereocenters. The van der Waals surface area contributed by atoms with E-state index >= 15 is 0 Å². The normalized spacial score (nSPS) is 16.5. The maximum Gasteiger partial charge on any atom is 0.153 e. The van der Waals surface area contributed by atoms with Gasteiger partial charge in [-0.25, -0.2) is 9.50 Å². The van der Waals surface area contributed by atoms with Crippen LogP contribution in [0.15, 0.2) is 18.3 Å². The lowest BCUT2D eigenvalue weighted by molar-refractivity contribution is 0.578. The summed E-state index contributed by atoms with van der Waals surface area (Å²) in [5, 5.41) is 7.91. The molecule has 0 spiro atoms. The number of nitrogens with two attached hydrogens (primary N) is 1. The van der Waals surface area contributed by atoms with Crippen molar-refractivity contribution in [2.45, 2.75) is 32.2 Å². The van der Waals surface area contributed by atoms with Crippen LogP contribution in [0.25, 0.3) is 5.65 Å². The van der Waals surface area contributed by atoms with E-state index in [2.05, 4.69) is 15.4 Å². The highest BCUT2D eigenvalue weighted by molar-refractivity contribution is 5.45. The van der Waals surface area contributed by atoms with E-state index in [-0.39, 0.29) is 0 Å². The third-order valence-corrected chi connectivity index (χ3v) is 3.63. The quantitative estimate of drug-likeness (QED) is 0.861. The van der Waals surface area contributed by atoms with Crippen molar-refractivity contribution in [3.05, 3.63) is 24.0 Å². The molecule has 1 fully saturated rings. The molecule has 0 radical (unpaired) electrons. The van der Waals surface area contributed by atoms with Gasteiger partial charge < -0.3 is 11.1 Å². The first-order valence-electron chi connectivity index (χ1n) is 6.64. The number of nitrogens with one attached hydrogen (secondary N) is 1. The molecule has 5 nitrogen and oxygen atoms in total. The molecule has 5 heteroatoms. The third kappa shape index (κ3) is 2.31. The number of anilines is 1. The van der Waals surface area contributed by atoms with Crippen LogP contribution < -0.4 is 11.1 Å². The SMILES string of the molecule is NCc1cn2nc(NCC3CCCC3)ccc2n1. The summed E-state index contributed by atoms with van der Waals surface area (Å²) < 4.78 is 1.79. The van der Waals surface area contributed by atoms with Crippen LogP contribution in [0, 0.1) is 5.92 Å². The molecule has 96 valence electrons. The Bertz CT molecular complexity index is 527. The molecule has 2 heterocycles. The number of hydrogen-bond donors (Lipinski definition) is 2. The fraction of sp³-hybridized carbons (Fsp3) is 0.538. The van der Waals surface area contributed by atoms with Gasteiger partial charge in [0.1, 0.15) is 5.82 Å². The molecular formula is C13H19N5. The summed E-state index contributed by atoms with van der Waals surface area (Å²) in [6.07, 6.45) is 7.33. The molecule has 3 N–H and O–H groups in total. The Kier molecular flexibility index (Phi) is 3.15. The van der Waals surface area contributed by atoms with Gasteiger partial charge in [-0.2, -0.15) is 0 Å². The summed E-state index contributed by atoms with van der Waals surface area (Å²) >= 11 is 0. The van der Waals surface area contributed by atoms with Gasteiger partial charge in [-0.1, -0.05) is 12.8 Å². The molecule has 0 bridgehead atoms. The van der Waals surface area contributed by atoms with Gasteiger partial charge >= 0.3 is 0 Å². The first-order valence-corrected chi connectivity index (χ1v) is 6.64. The molecular weight excluding hydrogens is 226 g/mol. The van der Waals surface area contributed by atoms with Crippen LogP contribution in [0.3, 0.4) is 0 Å². The largest absolute Gasteiger partial charge is 0.368 e. The average molecular weight is 245 g/mol. The lowest BCUT2D eigenvalue weighted by Gasteiger charge is -2.10. The van der Waals surface area contributed by atoms with E-state index in [1.807, 2.05) is 18.3 Å². The van der Waals surface area contributed by atoms with Gasteiger partial charge in [-0.3, -0.25) is 0 Å². The highest BCUT2D eigenvalue weighted by atomic mass is 15.3. The molecule has 0 amide bonds. The van der Waals surface area contributed by atoms with Gasteiger partial charge in [-0.05, 0) is 30.9 Å². The molecule has 0 saturated heterocycles. The summed E-state index contributed by atoms with van der Waals surface area (Å²) in [6, 6.07) is 3.96. The molecule has 0 aromatic carbocycles. The van der Waals surface area contributed by atoms with Crippen molar-refractivity contribution in [1.82, 2.24) is 14.6 Å². The smallest absolute Gasteiger partial charge is 0.153 e. The van der Waals surface area contributed by atoms with Gasteiger partial charge in [0, 0.05) is 13.1 Å². The van der Waals surface area contributed by atoms with E-state index in [0.717, 1.165) is 29.6 Å². The molecule has 1 saturated carbocycles. The van der Waals surface area contributed by atoms with E-state index in [0.29, 0.717) is 6.54 Å². The molecule has 0 aliphatic heterocycles. The van der Waals surface area contributed by atoms with Crippen molar-refractivity contribution in [2.75, 3.05) is 11.9 Å². The predicted octanol–water partition coefficient (Wildman–Crippen LogP) is 1.79. The number of fused-ring (bicyclic) bond motifs is 1. The van der Waals surface area contributed by atoms with Gasteiger partial charge in [0.15, 0.2) is 5.65 Å². The second-order valence-corrected chi connectivity index (χ2v) is 4.99. The topological polar surface area (TPSA) is 68.2 Å². The highest BCUT2D eigenvalue weighted by Crippen LogP contribution is 2.24. The third-order valence-electron chi connectivity index (χ3n) is 3.63. The molecule has 2 aromatic heterocycles. The maximum absolute atomic E-state index is 5.57. The van der Waals surface area contributed by atoms with Gasteiger partial charge in [0.2, 0.25) is 0 Å². The number of aromatic nitrogens is 3. The van der Waals surface area contributed by atoms with Crippen LogP contribution in [-0.2, 0) is 6.54 Å². The zero-order chi connectivity index (χ0) is 12.4. The molecule has 1 aliphatic carbocycles. The zero-order valence-corrected chi connectivity index (χ0v) is 10.5. The molecule has 18 heavy (non-hydrogen) atoms. The molecule has 0 atom stereocenters. The Hall–Kier alpha value is -1.62. The highest BCUT2D eigenvalue weighted by Gasteiger charge is 2.14. The van der Waals surface area contributed by atoms with Crippen LogP contribution in [-0.4, -0.2) is 21.1 Å². The minimum Gasteiger partial charge on any atom is -0.368 e. The first-order chi connectivity index (χ1) is 8.85. The molecule has 1 aliphatic rings. The van der Waals surface area contributed by atoms with E-state index in [4.69, 9.17) is 5.73 Å². The minimum atomic E-state index is 0.453. The number of imidazole rings is 1. The van der Waals surface area contributed by atoms with Gasteiger partial charge in [0.25, 0.3) is 0 Å². The maximum atomic E-state index is 5.57. The minimum absolute atomic E-state index is 0.453. The fourth-order valence-corrected chi connectivity index (χ4v) is 2.59.